The van der Waals surface area contributed by atoms with Gasteiger partial charge in [0.2, 0.25) is 5.91 Å². The Hall–Kier alpha value is -1.88. The van der Waals surface area contributed by atoms with E-state index in [0.29, 0.717) is 18.7 Å². The maximum atomic E-state index is 11.9. The average molecular weight is 289 g/mol. The monoisotopic (exact) mass is 289 g/mol. The Kier molecular flexibility index (Phi) is 4.32. The molecule has 114 valence electrons. The highest BCUT2D eigenvalue weighted by molar-refractivity contribution is 5.92. The van der Waals surface area contributed by atoms with Crippen molar-refractivity contribution in [2.75, 3.05) is 5.32 Å². The zero-order chi connectivity index (χ0) is 15.6. The second kappa shape index (κ2) is 5.85. The molecule has 0 spiro atoms. The molecular formula is C16H23N3O2. The first kappa shape index (κ1) is 15.5. The lowest BCUT2D eigenvalue weighted by atomic mass is 10.00. The average Bonchev–Trinajstić information content (AvgIpc) is 2.79. The van der Waals surface area contributed by atoms with Crippen LogP contribution in [0.25, 0.3) is 11.1 Å². The van der Waals surface area contributed by atoms with Gasteiger partial charge in [0.25, 0.3) is 0 Å². The topological polar surface area (TPSA) is 81.2 Å². The third-order valence-corrected chi connectivity index (χ3v) is 3.18. The maximum absolute atomic E-state index is 11.9. The third kappa shape index (κ3) is 4.29. The summed E-state index contributed by atoms with van der Waals surface area (Å²) in [6.45, 7) is 7.88. The summed E-state index contributed by atoms with van der Waals surface area (Å²) >= 11 is 0. The molecule has 5 heteroatoms. The summed E-state index contributed by atoms with van der Waals surface area (Å²) in [5.41, 5.74) is 7.77. The Labute approximate surface area is 124 Å². The van der Waals surface area contributed by atoms with E-state index in [0.717, 1.165) is 16.8 Å². The van der Waals surface area contributed by atoms with Gasteiger partial charge >= 0.3 is 0 Å². The van der Waals surface area contributed by atoms with Crippen LogP contribution in [0.3, 0.4) is 0 Å². The quantitative estimate of drug-likeness (QED) is 0.883. The number of nitrogens with zero attached hydrogens (tertiary/aromatic N) is 1. The number of anilines is 1. The number of hydrogen-bond donors (Lipinski definition) is 2. The molecular weight excluding hydrogens is 266 g/mol. The van der Waals surface area contributed by atoms with Crippen LogP contribution in [0, 0.1) is 0 Å². The van der Waals surface area contributed by atoms with Crippen LogP contribution in [0.5, 0.6) is 0 Å². The van der Waals surface area contributed by atoms with Gasteiger partial charge in [-0.3, -0.25) is 4.79 Å². The van der Waals surface area contributed by atoms with Crippen molar-refractivity contribution in [3.05, 3.63) is 24.1 Å². The Bertz CT molecular complexity index is 638. The number of fused-ring (bicyclic) bond motifs is 1. The minimum absolute atomic E-state index is 0.0412. The Morgan fingerprint density at radius 3 is 2.76 bits per heavy atom. The molecule has 1 heterocycles. The van der Waals surface area contributed by atoms with E-state index in [1.54, 1.807) is 0 Å². The van der Waals surface area contributed by atoms with Crippen LogP contribution < -0.4 is 11.1 Å². The van der Waals surface area contributed by atoms with Crippen molar-refractivity contribution in [1.82, 2.24) is 4.98 Å². The number of hydrogen-bond acceptors (Lipinski definition) is 4. The lowest BCUT2D eigenvalue weighted by Crippen LogP contribution is -2.33. The van der Waals surface area contributed by atoms with Gasteiger partial charge in [0.05, 0.1) is 0 Å². The number of carbonyl (C=O) groups is 1. The maximum Gasteiger partial charge on any atom is 0.224 e. The Morgan fingerprint density at radius 1 is 1.43 bits per heavy atom. The largest absolute Gasteiger partial charge is 0.440 e. The molecule has 0 unspecified atom stereocenters. The van der Waals surface area contributed by atoms with E-state index in [9.17, 15) is 4.79 Å². The summed E-state index contributed by atoms with van der Waals surface area (Å²) in [6.07, 6.45) is 1.04. The highest BCUT2D eigenvalue weighted by atomic mass is 16.3. The molecule has 1 aromatic heterocycles. The van der Waals surface area contributed by atoms with E-state index in [1.807, 2.05) is 45.9 Å². The molecule has 0 saturated carbocycles. The van der Waals surface area contributed by atoms with Crippen molar-refractivity contribution in [3.8, 4) is 0 Å². The van der Waals surface area contributed by atoms with E-state index >= 15 is 0 Å². The fourth-order valence-electron chi connectivity index (χ4n) is 1.93. The molecule has 1 aromatic carbocycles. The number of carbonyl (C=O) groups excluding carboxylic acids is 1. The molecule has 0 atom stereocenters. The third-order valence-electron chi connectivity index (χ3n) is 3.18. The molecule has 0 fully saturated rings. The minimum atomic E-state index is -0.334. The van der Waals surface area contributed by atoms with E-state index in [4.69, 9.17) is 10.2 Å². The van der Waals surface area contributed by atoms with Gasteiger partial charge in [-0.1, -0.05) is 13.8 Å². The van der Waals surface area contributed by atoms with E-state index in [-0.39, 0.29) is 17.4 Å². The molecule has 2 rings (SSSR count). The van der Waals surface area contributed by atoms with Gasteiger partial charge in [-0.05, 0) is 38.5 Å². The summed E-state index contributed by atoms with van der Waals surface area (Å²) in [4.78, 5) is 16.3. The van der Waals surface area contributed by atoms with Gasteiger partial charge < -0.3 is 15.5 Å². The standard InChI is InChI=1S/C16H23N3O2/c1-10(2)15-19-12-9-11(5-6-13(12)21-15)18-14(20)7-8-16(3,4)17/h5-6,9-10H,7-8,17H2,1-4H3,(H,18,20). The van der Waals surface area contributed by atoms with Gasteiger partial charge in [-0.2, -0.15) is 0 Å². The molecule has 21 heavy (non-hydrogen) atoms. The SMILES string of the molecule is CC(C)c1nc2cc(NC(=O)CCC(C)(C)N)ccc2o1. The number of aromatic nitrogens is 1. The predicted molar refractivity (Wildman–Crippen MR) is 84.2 cm³/mol. The second-order valence-electron chi connectivity index (χ2n) is 6.43. The smallest absolute Gasteiger partial charge is 0.224 e. The molecule has 3 N–H and O–H groups in total. The number of benzene rings is 1. The molecule has 0 radical (unpaired) electrons. The molecule has 0 aliphatic rings. The lowest BCUT2D eigenvalue weighted by Gasteiger charge is -2.17. The van der Waals surface area contributed by atoms with Crippen LogP contribution in [0.2, 0.25) is 0 Å². The van der Waals surface area contributed by atoms with Gasteiger partial charge in [-0.15, -0.1) is 0 Å². The molecule has 5 nitrogen and oxygen atoms in total. The molecule has 0 saturated heterocycles. The van der Waals surface area contributed by atoms with Crippen molar-refractivity contribution in [2.24, 2.45) is 5.73 Å². The molecule has 2 aromatic rings. The first-order valence-electron chi connectivity index (χ1n) is 7.24. The van der Waals surface area contributed by atoms with Crippen molar-refractivity contribution in [1.29, 1.82) is 0 Å². The van der Waals surface area contributed by atoms with Crippen LogP contribution in [-0.2, 0) is 4.79 Å². The highest BCUT2D eigenvalue weighted by Gasteiger charge is 2.14. The minimum Gasteiger partial charge on any atom is -0.440 e. The summed E-state index contributed by atoms with van der Waals surface area (Å²) in [6, 6.07) is 5.48. The molecule has 0 bridgehead atoms. The number of rotatable bonds is 5. The number of nitrogens with two attached hydrogens (primary N) is 1. The van der Waals surface area contributed by atoms with Crippen molar-refractivity contribution in [2.45, 2.75) is 52.0 Å². The van der Waals surface area contributed by atoms with Crippen LogP contribution in [0.1, 0.15) is 52.3 Å². The zero-order valence-corrected chi connectivity index (χ0v) is 13.1. The van der Waals surface area contributed by atoms with Gasteiger partial charge in [0.15, 0.2) is 11.5 Å². The Balaban J connectivity index is 2.07. The van der Waals surface area contributed by atoms with Gasteiger partial charge in [0, 0.05) is 23.6 Å². The van der Waals surface area contributed by atoms with Crippen molar-refractivity contribution < 1.29 is 9.21 Å². The number of nitrogens with one attached hydrogen (secondary N) is 1. The van der Waals surface area contributed by atoms with Crippen molar-refractivity contribution >= 4 is 22.7 Å². The summed E-state index contributed by atoms with van der Waals surface area (Å²) in [7, 11) is 0. The second-order valence-corrected chi connectivity index (χ2v) is 6.43. The van der Waals surface area contributed by atoms with Crippen LogP contribution in [0.4, 0.5) is 5.69 Å². The summed E-state index contributed by atoms with van der Waals surface area (Å²) in [5.74, 6) is 0.904. The van der Waals surface area contributed by atoms with Gasteiger partial charge in [0.1, 0.15) is 5.52 Å². The van der Waals surface area contributed by atoms with Crippen LogP contribution >= 0.6 is 0 Å². The Morgan fingerprint density at radius 2 is 2.14 bits per heavy atom. The van der Waals surface area contributed by atoms with E-state index in [2.05, 4.69) is 10.3 Å². The predicted octanol–water partition coefficient (Wildman–Crippen LogP) is 3.41. The fourth-order valence-corrected chi connectivity index (χ4v) is 1.93. The van der Waals surface area contributed by atoms with E-state index in [1.165, 1.54) is 0 Å². The number of amides is 1. The number of oxazole rings is 1. The highest BCUT2D eigenvalue weighted by Crippen LogP contribution is 2.24. The first-order valence-corrected chi connectivity index (χ1v) is 7.24. The summed E-state index contributed by atoms with van der Waals surface area (Å²) < 4.78 is 5.64. The van der Waals surface area contributed by atoms with Gasteiger partial charge in [-0.25, -0.2) is 4.98 Å². The van der Waals surface area contributed by atoms with Crippen molar-refractivity contribution in [3.63, 3.8) is 0 Å². The zero-order valence-electron chi connectivity index (χ0n) is 13.1. The fraction of sp³-hybridized carbons (Fsp3) is 0.500. The summed E-state index contributed by atoms with van der Waals surface area (Å²) in [5, 5.41) is 2.87. The van der Waals surface area contributed by atoms with Crippen LogP contribution in [0.15, 0.2) is 22.6 Å². The molecule has 0 aliphatic heterocycles. The van der Waals surface area contributed by atoms with E-state index < -0.39 is 0 Å². The lowest BCUT2D eigenvalue weighted by molar-refractivity contribution is -0.116. The molecule has 0 aliphatic carbocycles. The first-order chi connectivity index (χ1) is 9.74. The molecule has 1 amide bonds. The van der Waals surface area contributed by atoms with Crippen LogP contribution in [-0.4, -0.2) is 16.4 Å². The normalized spacial score (nSPS) is 12.1.